The van der Waals surface area contributed by atoms with Crippen LogP contribution >= 0.6 is 0 Å². The molecule has 3 heteroatoms. The third-order valence-electron chi connectivity index (χ3n) is 2.11. The molecule has 0 saturated carbocycles. The molecule has 1 aromatic rings. The lowest BCUT2D eigenvalue weighted by Crippen LogP contribution is -2.22. The Morgan fingerprint density at radius 3 is 2.73 bits per heavy atom. The molecule has 80 valence electrons. The minimum absolute atomic E-state index is 0.249. The standard InChI is InChI=1S/C12H17N3/c1-3-5-6-12(15-7-4-2)11-8-13-10-14-9-11/h8-10,12,15H,4,6-7H2,1-2H3. The van der Waals surface area contributed by atoms with Crippen LogP contribution in [0.3, 0.4) is 0 Å². The molecular formula is C12H17N3. The van der Waals surface area contributed by atoms with Crippen LogP contribution in [0.5, 0.6) is 0 Å². The first-order chi connectivity index (χ1) is 7.38. The molecule has 0 amide bonds. The Morgan fingerprint density at radius 1 is 1.40 bits per heavy atom. The number of hydrogen-bond donors (Lipinski definition) is 1. The van der Waals surface area contributed by atoms with Crippen molar-refractivity contribution in [2.24, 2.45) is 0 Å². The van der Waals surface area contributed by atoms with E-state index in [1.165, 1.54) is 0 Å². The van der Waals surface area contributed by atoms with Crippen molar-refractivity contribution in [1.82, 2.24) is 15.3 Å². The quantitative estimate of drug-likeness (QED) is 0.743. The van der Waals surface area contributed by atoms with Gasteiger partial charge in [-0.25, -0.2) is 9.97 Å². The number of aromatic nitrogens is 2. The molecule has 0 aliphatic carbocycles. The lowest BCUT2D eigenvalue weighted by molar-refractivity contribution is 0.539. The fourth-order valence-electron chi connectivity index (χ4n) is 1.32. The molecule has 0 aliphatic rings. The van der Waals surface area contributed by atoms with Crippen molar-refractivity contribution < 1.29 is 0 Å². The summed E-state index contributed by atoms with van der Waals surface area (Å²) in [4.78, 5) is 8.04. The Hall–Kier alpha value is -1.40. The van der Waals surface area contributed by atoms with Crippen molar-refractivity contribution in [3.63, 3.8) is 0 Å². The summed E-state index contributed by atoms with van der Waals surface area (Å²) in [6.07, 6.45) is 7.16. The van der Waals surface area contributed by atoms with Gasteiger partial charge in [0, 0.05) is 30.4 Å². The Labute approximate surface area is 91.3 Å². The lowest BCUT2D eigenvalue weighted by Gasteiger charge is -2.15. The van der Waals surface area contributed by atoms with E-state index in [4.69, 9.17) is 0 Å². The van der Waals surface area contributed by atoms with Crippen molar-refractivity contribution in [1.29, 1.82) is 0 Å². The van der Waals surface area contributed by atoms with E-state index in [1.54, 1.807) is 6.33 Å². The maximum atomic E-state index is 4.02. The highest BCUT2D eigenvalue weighted by Gasteiger charge is 2.08. The van der Waals surface area contributed by atoms with Gasteiger partial charge in [0.25, 0.3) is 0 Å². The highest BCUT2D eigenvalue weighted by Crippen LogP contribution is 2.13. The van der Waals surface area contributed by atoms with Gasteiger partial charge < -0.3 is 5.32 Å². The zero-order valence-corrected chi connectivity index (χ0v) is 9.33. The van der Waals surface area contributed by atoms with E-state index in [1.807, 2.05) is 19.3 Å². The van der Waals surface area contributed by atoms with Crippen LogP contribution in [-0.2, 0) is 0 Å². The zero-order chi connectivity index (χ0) is 10.9. The zero-order valence-electron chi connectivity index (χ0n) is 9.33. The summed E-state index contributed by atoms with van der Waals surface area (Å²) in [6, 6.07) is 0.249. The van der Waals surface area contributed by atoms with Crippen LogP contribution in [0.1, 0.15) is 38.3 Å². The molecule has 1 unspecified atom stereocenters. The third kappa shape index (κ3) is 4.09. The van der Waals surface area contributed by atoms with E-state index in [0.29, 0.717) is 0 Å². The SMILES string of the molecule is CC#CCC(NCCC)c1cncnc1. The van der Waals surface area contributed by atoms with Gasteiger partial charge in [0.05, 0.1) is 0 Å². The van der Waals surface area contributed by atoms with Crippen LogP contribution in [0.4, 0.5) is 0 Å². The second-order valence-electron chi connectivity index (χ2n) is 3.31. The van der Waals surface area contributed by atoms with Gasteiger partial charge in [0.15, 0.2) is 0 Å². The topological polar surface area (TPSA) is 37.8 Å². The summed E-state index contributed by atoms with van der Waals surface area (Å²) in [5.74, 6) is 6.00. The predicted octanol–water partition coefficient (Wildman–Crippen LogP) is 1.93. The van der Waals surface area contributed by atoms with Crippen LogP contribution in [0.15, 0.2) is 18.7 Å². The third-order valence-corrected chi connectivity index (χ3v) is 2.11. The van der Waals surface area contributed by atoms with Crippen LogP contribution in [0, 0.1) is 11.8 Å². The van der Waals surface area contributed by atoms with E-state index in [0.717, 1.165) is 24.9 Å². The molecule has 0 fully saturated rings. The fourth-order valence-corrected chi connectivity index (χ4v) is 1.32. The predicted molar refractivity (Wildman–Crippen MR) is 61.1 cm³/mol. The minimum atomic E-state index is 0.249. The summed E-state index contributed by atoms with van der Waals surface area (Å²) >= 11 is 0. The van der Waals surface area contributed by atoms with Gasteiger partial charge in [-0.1, -0.05) is 6.92 Å². The molecule has 1 N–H and O–H groups in total. The normalized spacial score (nSPS) is 11.6. The molecule has 1 heterocycles. The largest absolute Gasteiger partial charge is 0.309 e. The highest BCUT2D eigenvalue weighted by molar-refractivity contribution is 5.13. The van der Waals surface area contributed by atoms with Gasteiger partial charge in [0.2, 0.25) is 0 Å². The Bertz CT molecular complexity index is 324. The van der Waals surface area contributed by atoms with Crippen molar-refractivity contribution in [2.45, 2.75) is 32.7 Å². The molecule has 1 atom stereocenters. The van der Waals surface area contributed by atoms with Crippen molar-refractivity contribution in [2.75, 3.05) is 6.54 Å². The van der Waals surface area contributed by atoms with E-state index < -0.39 is 0 Å². The van der Waals surface area contributed by atoms with Gasteiger partial charge in [-0.2, -0.15) is 0 Å². The maximum Gasteiger partial charge on any atom is 0.115 e. The summed E-state index contributed by atoms with van der Waals surface area (Å²) in [5.41, 5.74) is 1.11. The molecule has 0 saturated heterocycles. The minimum Gasteiger partial charge on any atom is -0.309 e. The molecule has 1 rings (SSSR count). The highest BCUT2D eigenvalue weighted by atomic mass is 14.9. The summed E-state index contributed by atoms with van der Waals surface area (Å²) in [5, 5.41) is 3.44. The number of rotatable bonds is 5. The van der Waals surface area contributed by atoms with Crippen molar-refractivity contribution in [3.05, 3.63) is 24.3 Å². The fraction of sp³-hybridized carbons (Fsp3) is 0.500. The molecule has 0 bridgehead atoms. The molecule has 0 aliphatic heterocycles. The average Bonchev–Trinajstić information content (AvgIpc) is 2.30. The second kappa shape index (κ2) is 6.97. The smallest absolute Gasteiger partial charge is 0.115 e. The van der Waals surface area contributed by atoms with E-state index in [2.05, 4.69) is 34.0 Å². The Balaban J connectivity index is 2.65. The first-order valence-electron chi connectivity index (χ1n) is 5.26. The molecular weight excluding hydrogens is 186 g/mol. The lowest BCUT2D eigenvalue weighted by atomic mass is 10.1. The average molecular weight is 203 g/mol. The van der Waals surface area contributed by atoms with E-state index in [9.17, 15) is 0 Å². The summed E-state index contributed by atoms with van der Waals surface area (Å²) < 4.78 is 0. The van der Waals surface area contributed by atoms with Gasteiger partial charge >= 0.3 is 0 Å². The molecule has 0 radical (unpaired) electrons. The van der Waals surface area contributed by atoms with Crippen molar-refractivity contribution >= 4 is 0 Å². The number of hydrogen-bond acceptors (Lipinski definition) is 3. The molecule has 1 aromatic heterocycles. The van der Waals surface area contributed by atoms with Crippen LogP contribution in [0.2, 0.25) is 0 Å². The van der Waals surface area contributed by atoms with E-state index >= 15 is 0 Å². The first kappa shape index (κ1) is 11.7. The van der Waals surface area contributed by atoms with Crippen LogP contribution < -0.4 is 5.32 Å². The number of nitrogens with one attached hydrogen (secondary N) is 1. The molecule has 0 aromatic carbocycles. The van der Waals surface area contributed by atoms with Gasteiger partial charge in [-0.05, 0) is 19.9 Å². The Kier molecular flexibility index (Phi) is 5.42. The Morgan fingerprint density at radius 2 is 2.13 bits per heavy atom. The first-order valence-corrected chi connectivity index (χ1v) is 5.26. The molecule has 3 nitrogen and oxygen atoms in total. The molecule has 15 heavy (non-hydrogen) atoms. The van der Waals surface area contributed by atoms with E-state index in [-0.39, 0.29) is 6.04 Å². The maximum absolute atomic E-state index is 4.02. The summed E-state index contributed by atoms with van der Waals surface area (Å²) in [7, 11) is 0. The van der Waals surface area contributed by atoms with Crippen LogP contribution in [-0.4, -0.2) is 16.5 Å². The monoisotopic (exact) mass is 203 g/mol. The number of nitrogens with zero attached hydrogens (tertiary/aromatic N) is 2. The van der Waals surface area contributed by atoms with Gasteiger partial charge in [-0.3, -0.25) is 0 Å². The molecule has 0 spiro atoms. The summed E-state index contributed by atoms with van der Waals surface area (Å²) in [6.45, 7) is 5.00. The van der Waals surface area contributed by atoms with Gasteiger partial charge in [0.1, 0.15) is 6.33 Å². The second-order valence-corrected chi connectivity index (χ2v) is 3.31. The van der Waals surface area contributed by atoms with Gasteiger partial charge in [-0.15, -0.1) is 11.8 Å². The van der Waals surface area contributed by atoms with Crippen LogP contribution in [0.25, 0.3) is 0 Å². The van der Waals surface area contributed by atoms with Crippen molar-refractivity contribution in [3.8, 4) is 11.8 Å².